The zero-order valence-corrected chi connectivity index (χ0v) is 32.0. The second-order valence-electron chi connectivity index (χ2n) is 14.4. The zero-order chi connectivity index (χ0) is 34.6. The number of nitrogens with two attached hydrogens (primary N) is 1. The number of amidine groups is 1. The molecule has 5 nitrogen and oxygen atoms in total. The maximum absolute atomic E-state index is 7.69. The Labute approximate surface area is 298 Å². The van der Waals surface area contributed by atoms with Crippen molar-refractivity contribution in [2.24, 2.45) is 5.73 Å². The Bertz CT molecular complexity index is 817. The van der Waals surface area contributed by atoms with E-state index in [1.165, 1.54) is 167 Å². The summed E-state index contributed by atoms with van der Waals surface area (Å²) in [6, 6.07) is 7.74. The summed E-state index contributed by atoms with van der Waals surface area (Å²) >= 11 is 0. The molecule has 1 atom stereocenters. The van der Waals surface area contributed by atoms with Crippen molar-refractivity contribution >= 4 is 5.84 Å². The van der Waals surface area contributed by atoms with E-state index in [-0.39, 0.29) is 11.9 Å². The van der Waals surface area contributed by atoms with Crippen molar-refractivity contribution in [3.8, 4) is 0 Å². The van der Waals surface area contributed by atoms with Crippen LogP contribution in [0.4, 0.5) is 0 Å². The molecule has 3 N–H and O–H groups in total. The van der Waals surface area contributed by atoms with Crippen molar-refractivity contribution < 1.29 is 14.2 Å². The summed E-state index contributed by atoms with van der Waals surface area (Å²) in [7, 11) is 0. The van der Waals surface area contributed by atoms with Gasteiger partial charge in [-0.2, -0.15) is 0 Å². The molecule has 1 aromatic carbocycles. The second kappa shape index (κ2) is 35.4. The van der Waals surface area contributed by atoms with Crippen LogP contribution in [0.2, 0.25) is 0 Å². The number of unbranched alkanes of at least 4 members (excludes halogenated alkanes) is 26. The van der Waals surface area contributed by atoms with Crippen LogP contribution in [0, 0.1) is 5.41 Å². The highest BCUT2D eigenvalue weighted by Crippen LogP contribution is 2.15. The number of hydrogen-bond donors (Lipinski definition) is 2. The smallest absolute Gasteiger partial charge is 0.122 e. The lowest BCUT2D eigenvalue weighted by molar-refractivity contribution is -0.0645. The highest BCUT2D eigenvalue weighted by Gasteiger charge is 2.11. The van der Waals surface area contributed by atoms with Gasteiger partial charge in [-0.15, -0.1) is 0 Å². The lowest BCUT2D eigenvalue weighted by Crippen LogP contribution is -2.26. The number of nitrogens with one attached hydrogen (secondary N) is 1. The minimum Gasteiger partial charge on any atom is -0.384 e. The van der Waals surface area contributed by atoms with Crippen molar-refractivity contribution in [3.63, 3.8) is 0 Å². The number of nitrogen functional groups attached to an aromatic ring is 1. The van der Waals surface area contributed by atoms with Crippen LogP contribution in [0.15, 0.2) is 24.3 Å². The summed E-state index contributed by atoms with van der Waals surface area (Å²) in [6.07, 6.45) is 38.2. The highest BCUT2D eigenvalue weighted by atomic mass is 16.6. The third-order valence-electron chi connectivity index (χ3n) is 9.61. The molecule has 0 saturated heterocycles. The van der Waals surface area contributed by atoms with Gasteiger partial charge in [0, 0.05) is 18.8 Å². The van der Waals surface area contributed by atoms with Crippen molar-refractivity contribution in [2.75, 3.05) is 26.4 Å². The van der Waals surface area contributed by atoms with Crippen LogP contribution in [0.1, 0.15) is 205 Å². The number of rotatable bonds is 38. The third kappa shape index (κ3) is 29.5. The van der Waals surface area contributed by atoms with E-state index in [0.29, 0.717) is 19.8 Å². The molecule has 5 heteroatoms. The van der Waals surface area contributed by atoms with Crippen molar-refractivity contribution in [2.45, 2.75) is 206 Å². The summed E-state index contributed by atoms with van der Waals surface area (Å²) in [5.74, 6) is 0.0862. The maximum Gasteiger partial charge on any atom is 0.122 e. The van der Waals surface area contributed by atoms with Crippen LogP contribution >= 0.6 is 0 Å². The van der Waals surface area contributed by atoms with E-state index in [4.69, 9.17) is 25.4 Å². The SMILES string of the molecule is CCCCCCCCCCCCCCCCOCC(COCc1cccc(C(=N)N)c1)OCCCCCCCCCCCCCCCC. The molecule has 0 fully saturated rings. The Morgan fingerprint density at radius 3 is 1.38 bits per heavy atom. The van der Waals surface area contributed by atoms with Gasteiger partial charge in [0.2, 0.25) is 0 Å². The first-order valence-corrected chi connectivity index (χ1v) is 20.9. The summed E-state index contributed by atoms with van der Waals surface area (Å²) < 4.78 is 18.4. The maximum atomic E-state index is 7.69. The molecule has 280 valence electrons. The molecule has 0 aliphatic carbocycles. The summed E-state index contributed by atoms with van der Waals surface area (Å²) in [5.41, 5.74) is 7.42. The fourth-order valence-corrected chi connectivity index (χ4v) is 6.44. The summed E-state index contributed by atoms with van der Waals surface area (Å²) in [6.45, 7) is 7.74. The molecule has 0 heterocycles. The normalized spacial score (nSPS) is 12.1. The molecule has 0 spiro atoms. The Hall–Kier alpha value is -1.43. The van der Waals surface area contributed by atoms with Crippen molar-refractivity contribution in [1.29, 1.82) is 5.41 Å². The van der Waals surface area contributed by atoms with E-state index in [2.05, 4.69) is 13.8 Å². The van der Waals surface area contributed by atoms with Gasteiger partial charge in [0.05, 0.1) is 19.8 Å². The van der Waals surface area contributed by atoms with Gasteiger partial charge in [-0.25, -0.2) is 0 Å². The number of benzene rings is 1. The molecule has 0 bridgehead atoms. The molecule has 0 amide bonds. The average Bonchev–Trinajstić information content (AvgIpc) is 3.09. The largest absolute Gasteiger partial charge is 0.384 e. The van der Waals surface area contributed by atoms with Crippen LogP contribution in [-0.2, 0) is 20.8 Å². The van der Waals surface area contributed by atoms with Crippen LogP contribution < -0.4 is 5.73 Å². The first kappa shape index (κ1) is 44.6. The van der Waals surface area contributed by atoms with E-state index >= 15 is 0 Å². The quantitative estimate of drug-likeness (QED) is 0.0416. The van der Waals surface area contributed by atoms with E-state index in [1.807, 2.05) is 24.3 Å². The van der Waals surface area contributed by atoms with Gasteiger partial charge < -0.3 is 19.9 Å². The van der Waals surface area contributed by atoms with Gasteiger partial charge in [-0.1, -0.05) is 199 Å². The molecule has 0 radical (unpaired) electrons. The predicted molar refractivity (Wildman–Crippen MR) is 208 cm³/mol. The third-order valence-corrected chi connectivity index (χ3v) is 9.61. The molecule has 1 aromatic rings. The predicted octanol–water partition coefficient (Wildman–Crippen LogP) is 12.9. The molecule has 0 aliphatic rings. The lowest BCUT2D eigenvalue weighted by Gasteiger charge is -2.19. The minimum atomic E-state index is -0.0467. The fraction of sp³-hybridized carbons (Fsp3) is 0.837. The zero-order valence-electron chi connectivity index (χ0n) is 32.0. The average molecular weight is 673 g/mol. The molecule has 0 aliphatic heterocycles. The standard InChI is InChI=1S/C43H80N2O3/c1-3-5-7-9-11-13-15-17-19-21-23-25-27-29-34-46-38-42(39-47-37-40-32-31-33-41(36-40)43(44)45)48-35-30-28-26-24-22-20-18-16-14-12-10-8-6-4-2/h31-33,36,42H,3-30,34-35,37-39H2,1-2H3,(H3,44,45). The number of ether oxygens (including phenoxy) is 3. The van der Waals surface area contributed by atoms with Gasteiger partial charge in [-0.05, 0) is 24.5 Å². The Morgan fingerprint density at radius 1 is 0.542 bits per heavy atom. The van der Waals surface area contributed by atoms with Crippen LogP contribution in [0.3, 0.4) is 0 Å². The van der Waals surface area contributed by atoms with Crippen LogP contribution in [-0.4, -0.2) is 38.4 Å². The summed E-state index contributed by atoms with van der Waals surface area (Å²) in [4.78, 5) is 0. The summed E-state index contributed by atoms with van der Waals surface area (Å²) in [5, 5.41) is 7.69. The number of hydrogen-bond acceptors (Lipinski definition) is 4. The Morgan fingerprint density at radius 2 is 0.938 bits per heavy atom. The van der Waals surface area contributed by atoms with Gasteiger partial charge in [-0.3, -0.25) is 5.41 Å². The molecule has 0 aromatic heterocycles. The molecule has 1 unspecified atom stereocenters. The monoisotopic (exact) mass is 673 g/mol. The van der Waals surface area contributed by atoms with Gasteiger partial charge in [0.15, 0.2) is 0 Å². The fourth-order valence-electron chi connectivity index (χ4n) is 6.44. The molecular weight excluding hydrogens is 592 g/mol. The van der Waals surface area contributed by atoms with E-state index in [1.54, 1.807) is 0 Å². The molecular formula is C43H80N2O3. The van der Waals surface area contributed by atoms with Gasteiger partial charge in [0.25, 0.3) is 0 Å². The Balaban J connectivity index is 2.15. The van der Waals surface area contributed by atoms with E-state index in [9.17, 15) is 0 Å². The van der Waals surface area contributed by atoms with Crippen molar-refractivity contribution in [1.82, 2.24) is 0 Å². The van der Waals surface area contributed by atoms with Crippen LogP contribution in [0.25, 0.3) is 0 Å². The van der Waals surface area contributed by atoms with E-state index < -0.39 is 0 Å². The first-order chi connectivity index (χ1) is 23.7. The highest BCUT2D eigenvalue weighted by molar-refractivity contribution is 5.95. The van der Waals surface area contributed by atoms with Crippen molar-refractivity contribution in [3.05, 3.63) is 35.4 Å². The minimum absolute atomic E-state index is 0.0467. The van der Waals surface area contributed by atoms with Gasteiger partial charge in [0.1, 0.15) is 11.9 Å². The molecule has 1 rings (SSSR count). The second-order valence-corrected chi connectivity index (χ2v) is 14.4. The molecule has 0 saturated carbocycles. The van der Waals surface area contributed by atoms with Gasteiger partial charge >= 0.3 is 0 Å². The topological polar surface area (TPSA) is 77.6 Å². The molecule has 48 heavy (non-hydrogen) atoms. The first-order valence-electron chi connectivity index (χ1n) is 20.9. The Kier molecular flexibility index (Phi) is 32.9. The van der Waals surface area contributed by atoms with E-state index in [0.717, 1.165) is 37.2 Å². The van der Waals surface area contributed by atoms with Crippen LogP contribution in [0.5, 0.6) is 0 Å². The lowest BCUT2D eigenvalue weighted by atomic mass is 10.0.